The van der Waals surface area contributed by atoms with Crippen molar-refractivity contribution in [3.05, 3.63) is 18.9 Å². The number of imidazole rings is 1. The van der Waals surface area contributed by atoms with E-state index in [0.29, 0.717) is 19.1 Å². The number of nitrogens with zero attached hydrogens (tertiary/aromatic N) is 5. The highest BCUT2D eigenvalue weighted by molar-refractivity contribution is 5.69. The molecule has 1 saturated heterocycles. The Bertz CT molecular complexity index is 668. The number of amides is 1. The third kappa shape index (κ3) is 3.03. The van der Waals surface area contributed by atoms with Gasteiger partial charge in [0.1, 0.15) is 17.4 Å². The van der Waals surface area contributed by atoms with Crippen LogP contribution in [0, 0.1) is 0 Å². The molecule has 1 aliphatic heterocycles. The van der Waals surface area contributed by atoms with E-state index in [4.69, 9.17) is 4.74 Å². The predicted molar refractivity (Wildman–Crippen MR) is 81.4 cm³/mol. The highest BCUT2D eigenvalue weighted by Crippen LogP contribution is 2.26. The van der Waals surface area contributed by atoms with E-state index in [0.717, 1.165) is 24.0 Å². The Morgan fingerprint density at radius 3 is 2.68 bits per heavy atom. The summed E-state index contributed by atoms with van der Waals surface area (Å²) in [5.74, 6) is 0. The summed E-state index contributed by atoms with van der Waals surface area (Å²) in [6, 6.07) is 0.304. The Labute approximate surface area is 129 Å². The number of carbonyl (C=O) groups excluding carboxylic acids is 1. The maximum absolute atomic E-state index is 12.1. The van der Waals surface area contributed by atoms with Crippen molar-refractivity contribution in [2.24, 2.45) is 0 Å². The highest BCUT2D eigenvalue weighted by Gasteiger charge is 2.28. The van der Waals surface area contributed by atoms with Crippen LogP contribution in [0.4, 0.5) is 4.79 Å². The van der Waals surface area contributed by atoms with Gasteiger partial charge >= 0.3 is 6.09 Å². The number of aromatic nitrogens is 4. The van der Waals surface area contributed by atoms with Gasteiger partial charge in [0.2, 0.25) is 0 Å². The van der Waals surface area contributed by atoms with E-state index < -0.39 is 5.60 Å². The quantitative estimate of drug-likeness (QED) is 0.809. The van der Waals surface area contributed by atoms with Crippen LogP contribution in [0.1, 0.15) is 39.7 Å². The number of hydrogen-bond donors (Lipinski definition) is 0. The molecule has 3 heterocycles. The van der Waals surface area contributed by atoms with Crippen LogP contribution in [0.2, 0.25) is 0 Å². The zero-order chi connectivity index (χ0) is 15.7. The molecule has 0 bridgehead atoms. The molecule has 0 unspecified atom stereocenters. The second-order valence-corrected chi connectivity index (χ2v) is 6.58. The van der Waals surface area contributed by atoms with Gasteiger partial charge < -0.3 is 14.2 Å². The van der Waals surface area contributed by atoms with E-state index in [1.165, 1.54) is 6.33 Å². The van der Waals surface area contributed by atoms with E-state index in [1.54, 1.807) is 11.1 Å². The standard InChI is InChI=1S/C15H21N5O2/c1-15(2,3)22-14(21)19-6-4-11(5-7-19)20-10-18-12-8-16-9-17-13(12)20/h8-11H,4-7H2,1-3H3. The van der Waals surface area contributed by atoms with E-state index in [1.807, 2.05) is 27.1 Å². The zero-order valence-electron chi connectivity index (χ0n) is 13.2. The van der Waals surface area contributed by atoms with Crippen molar-refractivity contribution in [1.82, 2.24) is 24.4 Å². The molecular weight excluding hydrogens is 282 g/mol. The van der Waals surface area contributed by atoms with Crippen LogP contribution in [0.15, 0.2) is 18.9 Å². The first-order valence-corrected chi connectivity index (χ1v) is 7.54. The van der Waals surface area contributed by atoms with Gasteiger partial charge in [0.05, 0.1) is 12.5 Å². The van der Waals surface area contributed by atoms with Gasteiger partial charge in [0.25, 0.3) is 0 Å². The van der Waals surface area contributed by atoms with Crippen LogP contribution in [0.5, 0.6) is 0 Å². The van der Waals surface area contributed by atoms with Crippen LogP contribution in [-0.4, -0.2) is 49.2 Å². The molecule has 2 aromatic heterocycles. The Hall–Kier alpha value is -2.18. The van der Waals surface area contributed by atoms with Crippen molar-refractivity contribution >= 4 is 17.3 Å². The number of carbonyl (C=O) groups is 1. The molecule has 0 spiro atoms. The fourth-order valence-corrected chi connectivity index (χ4v) is 2.71. The van der Waals surface area contributed by atoms with Crippen molar-refractivity contribution in [3.63, 3.8) is 0 Å². The maximum Gasteiger partial charge on any atom is 0.410 e. The van der Waals surface area contributed by atoms with Gasteiger partial charge in [-0.3, -0.25) is 0 Å². The molecule has 0 radical (unpaired) electrons. The van der Waals surface area contributed by atoms with E-state index >= 15 is 0 Å². The summed E-state index contributed by atoms with van der Waals surface area (Å²) < 4.78 is 7.51. The molecule has 118 valence electrons. The Balaban J connectivity index is 1.66. The lowest BCUT2D eigenvalue weighted by molar-refractivity contribution is 0.0189. The fourth-order valence-electron chi connectivity index (χ4n) is 2.71. The summed E-state index contributed by atoms with van der Waals surface area (Å²) in [4.78, 5) is 26.5. The number of likely N-dealkylation sites (tertiary alicyclic amines) is 1. The van der Waals surface area contributed by atoms with Gasteiger partial charge in [-0.2, -0.15) is 0 Å². The molecule has 1 fully saturated rings. The minimum Gasteiger partial charge on any atom is -0.444 e. The van der Waals surface area contributed by atoms with Crippen molar-refractivity contribution in [2.75, 3.05) is 13.1 Å². The molecule has 3 rings (SSSR count). The minimum atomic E-state index is -0.453. The van der Waals surface area contributed by atoms with Crippen LogP contribution in [0.25, 0.3) is 11.2 Å². The fraction of sp³-hybridized carbons (Fsp3) is 0.600. The Kier molecular flexibility index (Phi) is 3.72. The summed E-state index contributed by atoms with van der Waals surface area (Å²) in [5.41, 5.74) is 1.20. The maximum atomic E-state index is 12.1. The SMILES string of the molecule is CC(C)(C)OC(=O)N1CCC(n2cnc3cncnc32)CC1. The lowest BCUT2D eigenvalue weighted by Gasteiger charge is -2.33. The molecule has 1 amide bonds. The topological polar surface area (TPSA) is 73.1 Å². The van der Waals surface area contributed by atoms with E-state index in [2.05, 4.69) is 19.5 Å². The molecule has 2 aromatic rings. The number of rotatable bonds is 1. The summed E-state index contributed by atoms with van der Waals surface area (Å²) in [5, 5.41) is 0. The average Bonchev–Trinajstić information content (AvgIpc) is 2.89. The second-order valence-electron chi connectivity index (χ2n) is 6.58. The lowest BCUT2D eigenvalue weighted by atomic mass is 10.1. The number of fused-ring (bicyclic) bond motifs is 1. The molecule has 1 aliphatic rings. The van der Waals surface area contributed by atoms with E-state index in [-0.39, 0.29) is 6.09 Å². The Morgan fingerprint density at radius 2 is 2.00 bits per heavy atom. The molecule has 7 heteroatoms. The van der Waals surface area contributed by atoms with Gasteiger partial charge in [0.15, 0.2) is 5.65 Å². The smallest absolute Gasteiger partial charge is 0.410 e. The molecule has 0 N–H and O–H groups in total. The first-order chi connectivity index (χ1) is 10.4. The molecule has 0 atom stereocenters. The number of ether oxygens (including phenoxy) is 1. The van der Waals surface area contributed by atoms with Crippen molar-refractivity contribution < 1.29 is 9.53 Å². The average molecular weight is 303 g/mol. The van der Waals surface area contributed by atoms with Crippen LogP contribution in [0.3, 0.4) is 0 Å². The van der Waals surface area contributed by atoms with Gasteiger partial charge in [-0.25, -0.2) is 19.7 Å². The van der Waals surface area contributed by atoms with Crippen LogP contribution >= 0.6 is 0 Å². The summed E-state index contributed by atoms with van der Waals surface area (Å²) >= 11 is 0. The van der Waals surface area contributed by atoms with Gasteiger partial charge in [-0.15, -0.1) is 0 Å². The lowest BCUT2D eigenvalue weighted by Crippen LogP contribution is -2.42. The minimum absolute atomic E-state index is 0.233. The first-order valence-electron chi connectivity index (χ1n) is 7.54. The van der Waals surface area contributed by atoms with Crippen molar-refractivity contribution in [2.45, 2.75) is 45.3 Å². The van der Waals surface area contributed by atoms with Crippen molar-refractivity contribution in [3.8, 4) is 0 Å². The highest BCUT2D eigenvalue weighted by atomic mass is 16.6. The number of piperidine rings is 1. The van der Waals surface area contributed by atoms with Crippen LogP contribution < -0.4 is 0 Å². The van der Waals surface area contributed by atoms with Gasteiger partial charge in [0, 0.05) is 19.1 Å². The van der Waals surface area contributed by atoms with Crippen LogP contribution in [-0.2, 0) is 4.74 Å². The third-order valence-corrected chi connectivity index (χ3v) is 3.75. The summed E-state index contributed by atoms with van der Waals surface area (Å²) in [6.45, 7) is 7.02. The third-order valence-electron chi connectivity index (χ3n) is 3.75. The molecular formula is C15H21N5O2. The Morgan fingerprint density at radius 1 is 1.27 bits per heavy atom. The van der Waals surface area contributed by atoms with Gasteiger partial charge in [-0.1, -0.05) is 0 Å². The molecule has 22 heavy (non-hydrogen) atoms. The van der Waals surface area contributed by atoms with Crippen molar-refractivity contribution in [1.29, 1.82) is 0 Å². The monoisotopic (exact) mass is 303 g/mol. The normalized spacial score (nSPS) is 17.0. The largest absolute Gasteiger partial charge is 0.444 e. The number of hydrogen-bond acceptors (Lipinski definition) is 5. The molecule has 0 saturated carbocycles. The van der Waals surface area contributed by atoms with Gasteiger partial charge in [-0.05, 0) is 33.6 Å². The first kappa shape index (κ1) is 14.7. The summed E-state index contributed by atoms with van der Waals surface area (Å²) in [7, 11) is 0. The predicted octanol–water partition coefficient (Wildman–Crippen LogP) is 2.40. The molecule has 7 nitrogen and oxygen atoms in total. The zero-order valence-corrected chi connectivity index (χ0v) is 13.2. The molecule has 0 aromatic carbocycles. The molecule has 0 aliphatic carbocycles. The van der Waals surface area contributed by atoms with E-state index in [9.17, 15) is 4.79 Å². The summed E-state index contributed by atoms with van der Waals surface area (Å²) in [6.07, 6.45) is 6.57. The second kappa shape index (κ2) is 5.55.